The topological polar surface area (TPSA) is 135 Å². The molecule has 0 heterocycles. The minimum atomic E-state index is -0.894. The van der Waals surface area contributed by atoms with Crippen LogP contribution < -0.4 is 0 Å². The second kappa shape index (κ2) is 29.3. The molecule has 0 radical (unpaired) electrons. The summed E-state index contributed by atoms with van der Waals surface area (Å²) in [7, 11) is 0. The zero-order valence-corrected chi connectivity index (χ0v) is 38.5. The molecule has 1 saturated carbocycles. The van der Waals surface area contributed by atoms with Crippen LogP contribution in [0.25, 0.3) is 0 Å². The monoisotopic (exact) mass is 863 g/mol. The molecule has 4 aromatic rings. The van der Waals surface area contributed by atoms with Crippen LogP contribution in [-0.4, -0.2) is 75.0 Å². The average Bonchev–Trinajstić information content (AvgIpc) is 3.26. The smallest absolute Gasteiger partial charge is 0.325 e. The van der Waals surface area contributed by atoms with Crippen molar-refractivity contribution in [2.75, 3.05) is 26.2 Å². The maximum absolute atomic E-state index is 12.8. The van der Waals surface area contributed by atoms with Gasteiger partial charge >= 0.3 is 17.9 Å². The Morgan fingerprint density at radius 3 is 1.27 bits per heavy atom. The van der Waals surface area contributed by atoms with Crippen LogP contribution in [-0.2, 0) is 19.2 Å². The third-order valence-electron chi connectivity index (χ3n) is 12.1. The molecular formula is C54H74N2O7. The largest absolute Gasteiger partial charge is 0.481 e. The van der Waals surface area contributed by atoms with Crippen LogP contribution in [0.3, 0.4) is 0 Å². The van der Waals surface area contributed by atoms with E-state index in [1.165, 1.54) is 44.1 Å². The van der Waals surface area contributed by atoms with Crippen LogP contribution in [0.4, 0.5) is 0 Å². The molecule has 9 nitrogen and oxygen atoms in total. The highest BCUT2D eigenvalue weighted by Gasteiger charge is 2.33. The first-order valence-corrected chi connectivity index (χ1v) is 23.3. The molecule has 1 aliphatic carbocycles. The Morgan fingerprint density at radius 2 is 0.921 bits per heavy atom. The molecule has 0 bridgehead atoms. The summed E-state index contributed by atoms with van der Waals surface area (Å²) < 4.78 is 0. The van der Waals surface area contributed by atoms with Crippen molar-refractivity contribution >= 4 is 23.7 Å². The lowest BCUT2D eigenvalue weighted by atomic mass is 9.74. The SMILES string of the molecule is CCCCCC(C)CC[C@H](C(=O)C1CCC1)c1ccccc1.CCCN(CCN(CCC)[C@H](C(=O)O)c1ccccc1)[C@H](C(=O)O)c1ccccc1.C[C@H](C(=O)O)c1ccccc1. The molecule has 4 aromatic carbocycles. The van der Waals surface area contributed by atoms with E-state index in [4.69, 9.17) is 5.11 Å². The summed E-state index contributed by atoms with van der Waals surface area (Å²) in [6.07, 6.45) is 12.6. The van der Waals surface area contributed by atoms with Crippen molar-refractivity contribution in [1.82, 2.24) is 9.80 Å². The Kier molecular flexibility index (Phi) is 24.3. The minimum absolute atomic E-state index is 0.139. The molecule has 0 aromatic heterocycles. The van der Waals surface area contributed by atoms with Crippen molar-refractivity contribution in [3.8, 4) is 0 Å². The third-order valence-corrected chi connectivity index (χ3v) is 12.1. The van der Waals surface area contributed by atoms with Gasteiger partial charge in [-0.15, -0.1) is 0 Å². The van der Waals surface area contributed by atoms with Crippen molar-refractivity contribution in [2.24, 2.45) is 11.8 Å². The van der Waals surface area contributed by atoms with E-state index in [0.717, 1.165) is 54.7 Å². The summed E-state index contributed by atoms with van der Waals surface area (Å²) in [5.74, 6) is -1.23. The number of aliphatic carboxylic acids is 3. The number of hydrogen-bond acceptors (Lipinski definition) is 6. The van der Waals surface area contributed by atoms with Gasteiger partial charge in [0.1, 0.15) is 17.9 Å². The lowest BCUT2D eigenvalue weighted by Crippen LogP contribution is -2.43. The van der Waals surface area contributed by atoms with Gasteiger partial charge in [0.25, 0.3) is 0 Å². The normalized spacial score (nSPS) is 14.7. The van der Waals surface area contributed by atoms with Crippen LogP contribution in [0.15, 0.2) is 121 Å². The Morgan fingerprint density at radius 1 is 0.508 bits per heavy atom. The van der Waals surface area contributed by atoms with Gasteiger partial charge in [0.05, 0.1) is 5.92 Å². The highest BCUT2D eigenvalue weighted by molar-refractivity contribution is 5.88. The number of carboxylic acids is 3. The predicted molar refractivity (Wildman–Crippen MR) is 254 cm³/mol. The number of nitrogens with zero attached hydrogens (tertiary/aromatic N) is 2. The van der Waals surface area contributed by atoms with E-state index in [2.05, 4.69) is 38.1 Å². The van der Waals surface area contributed by atoms with Gasteiger partial charge in [0, 0.05) is 24.9 Å². The van der Waals surface area contributed by atoms with Gasteiger partial charge in [-0.25, -0.2) is 0 Å². The summed E-state index contributed by atoms with van der Waals surface area (Å²) in [5, 5.41) is 28.5. The zero-order valence-electron chi connectivity index (χ0n) is 38.5. The molecule has 1 aliphatic rings. The molecule has 9 heteroatoms. The third kappa shape index (κ3) is 17.9. The summed E-state index contributed by atoms with van der Waals surface area (Å²) in [5.41, 5.74) is 3.55. The number of rotatable bonds is 25. The van der Waals surface area contributed by atoms with E-state index < -0.39 is 35.9 Å². The number of unbranched alkanes of at least 4 members (excludes halogenated alkanes) is 2. The highest BCUT2D eigenvalue weighted by Crippen LogP contribution is 2.36. The maximum atomic E-state index is 12.8. The van der Waals surface area contributed by atoms with Gasteiger partial charge < -0.3 is 15.3 Å². The number of hydrogen-bond donors (Lipinski definition) is 3. The first-order valence-electron chi connectivity index (χ1n) is 23.3. The standard InChI is InChI=1S/C24H32N2O4.C21H32O.C9H10O2/c1-3-15-25(21(23(27)28)19-11-7-5-8-12-19)17-18-26(16-4-2)22(24(29)30)20-13-9-6-10-14-20;1-3-4-6-10-17(2)15-16-20(18-11-7-5-8-12-18)21(22)19-13-9-14-19;1-7(9(10)11)8-5-3-2-4-6-8/h5-14,21-22H,3-4,15-18H2,1-2H3,(H,27,28)(H,29,30);5,7-8,11-12,17,19-20H,3-4,6,9-10,13-16H2,1-2H3;2-7H,1H3,(H,10,11)/t21-,22-;17?,20-;7-/m000/s1. The van der Waals surface area contributed by atoms with Crippen LogP contribution in [0, 0.1) is 11.8 Å². The van der Waals surface area contributed by atoms with Crippen molar-refractivity contribution in [3.63, 3.8) is 0 Å². The fourth-order valence-corrected chi connectivity index (χ4v) is 8.22. The first kappa shape index (κ1) is 52.2. The van der Waals surface area contributed by atoms with E-state index in [0.29, 0.717) is 37.9 Å². The molecule has 0 saturated heterocycles. The van der Waals surface area contributed by atoms with E-state index in [9.17, 15) is 29.4 Å². The Labute approximate surface area is 377 Å². The van der Waals surface area contributed by atoms with E-state index in [-0.39, 0.29) is 5.92 Å². The molecule has 0 aliphatic heterocycles. The van der Waals surface area contributed by atoms with Gasteiger partial charge in [0.15, 0.2) is 0 Å². The number of carboxylic acid groups (broad SMARTS) is 3. The number of benzene rings is 4. The maximum Gasteiger partial charge on any atom is 0.325 e. The number of ketones is 1. The Hall–Kier alpha value is -5.12. The average molecular weight is 863 g/mol. The predicted octanol–water partition coefficient (Wildman–Crippen LogP) is 12.1. The van der Waals surface area contributed by atoms with Crippen LogP contribution in [0.5, 0.6) is 0 Å². The Balaban J connectivity index is 0.000000278. The summed E-state index contributed by atoms with van der Waals surface area (Å²) in [6.45, 7) is 12.5. The molecule has 1 unspecified atom stereocenters. The van der Waals surface area contributed by atoms with Gasteiger partial charge in [0.2, 0.25) is 0 Å². The minimum Gasteiger partial charge on any atom is -0.481 e. The second-order valence-corrected chi connectivity index (χ2v) is 17.0. The van der Waals surface area contributed by atoms with Crippen molar-refractivity contribution < 1.29 is 34.5 Å². The van der Waals surface area contributed by atoms with Crippen molar-refractivity contribution in [1.29, 1.82) is 0 Å². The molecule has 342 valence electrons. The number of carbonyl (C=O) groups excluding carboxylic acids is 1. The lowest BCUT2D eigenvalue weighted by Gasteiger charge is -2.34. The van der Waals surface area contributed by atoms with Gasteiger partial charge in [-0.05, 0) is 86.7 Å². The number of Topliss-reactive ketones (excluding diaryl/α,β-unsaturated/α-hetero) is 1. The van der Waals surface area contributed by atoms with Crippen LogP contribution >= 0.6 is 0 Å². The van der Waals surface area contributed by atoms with Crippen molar-refractivity contribution in [2.45, 2.75) is 129 Å². The molecule has 5 rings (SSSR count). The van der Waals surface area contributed by atoms with E-state index in [1.807, 2.05) is 121 Å². The molecule has 63 heavy (non-hydrogen) atoms. The van der Waals surface area contributed by atoms with Crippen molar-refractivity contribution in [3.05, 3.63) is 144 Å². The molecule has 1 fully saturated rings. The van der Waals surface area contributed by atoms with Gasteiger partial charge in [-0.2, -0.15) is 0 Å². The van der Waals surface area contributed by atoms with E-state index in [1.54, 1.807) is 6.92 Å². The lowest BCUT2D eigenvalue weighted by molar-refractivity contribution is -0.146. The van der Waals surface area contributed by atoms with E-state index >= 15 is 0 Å². The first-order chi connectivity index (χ1) is 30.4. The van der Waals surface area contributed by atoms with Gasteiger partial charge in [-0.3, -0.25) is 29.0 Å². The van der Waals surface area contributed by atoms with Crippen LogP contribution in [0.2, 0.25) is 0 Å². The molecule has 0 spiro atoms. The summed E-state index contributed by atoms with van der Waals surface area (Å²) >= 11 is 0. The summed E-state index contributed by atoms with van der Waals surface area (Å²) in [4.78, 5) is 51.4. The fourth-order valence-electron chi connectivity index (χ4n) is 8.22. The number of carbonyl (C=O) groups is 4. The molecule has 0 amide bonds. The highest BCUT2D eigenvalue weighted by atomic mass is 16.4. The Bertz CT molecular complexity index is 1800. The fraction of sp³-hybridized carbons (Fsp3) is 0.481. The molecule has 3 N–H and O–H groups in total. The zero-order chi connectivity index (χ0) is 46.0. The molecular weight excluding hydrogens is 789 g/mol. The summed E-state index contributed by atoms with van der Waals surface area (Å²) in [6, 6.07) is 36.6. The second-order valence-electron chi connectivity index (χ2n) is 17.0. The molecule has 5 atom stereocenters. The quantitative estimate of drug-likeness (QED) is 0.0556. The van der Waals surface area contributed by atoms with Crippen LogP contribution in [0.1, 0.15) is 151 Å². The van der Waals surface area contributed by atoms with Gasteiger partial charge in [-0.1, -0.05) is 181 Å².